The molecular weight excluding hydrogens is 185 g/mol. The van der Waals surface area contributed by atoms with Crippen molar-refractivity contribution in [3.05, 3.63) is 0 Å². The van der Waals surface area contributed by atoms with Gasteiger partial charge in [-0.1, -0.05) is 0 Å². The molecule has 1 atom stereocenters. The van der Waals surface area contributed by atoms with Gasteiger partial charge in [0.05, 0.1) is 10.0 Å². The van der Waals surface area contributed by atoms with Crippen LogP contribution in [-0.2, 0) is 0 Å². The van der Waals surface area contributed by atoms with Crippen LogP contribution in [0.15, 0.2) is 0 Å². The second kappa shape index (κ2) is 4.22. The molecular formula is C6H11Cl2NSi. The molecule has 0 rings (SSSR count). The van der Waals surface area contributed by atoms with Crippen LogP contribution in [0.4, 0.5) is 0 Å². The highest BCUT2D eigenvalue weighted by atomic mass is 35.5. The summed E-state index contributed by atoms with van der Waals surface area (Å²) in [5.41, 5.74) is 0. The maximum Gasteiger partial charge on any atom is 0.0973 e. The predicted octanol–water partition coefficient (Wildman–Crippen LogP) is 1.42. The zero-order chi connectivity index (χ0) is 8.20. The minimum absolute atomic E-state index is 0.0748. The summed E-state index contributed by atoms with van der Waals surface area (Å²) in [7, 11) is 0.758. The zero-order valence-electron chi connectivity index (χ0n) is 6.19. The third-order valence-electron chi connectivity index (χ3n) is 1.24. The monoisotopic (exact) mass is 195 g/mol. The molecule has 0 aliphatic heterocycles. The first kappa shape index (κ1) is 10.3. The molecule has 0 aliphatic carbocycles. The van der Waals surface area contributed by atoms with Gasteiger partial charge in [-0.2, -0.15) is 5.26 Å². The lowest BCUT2D eigenvalue weighted by molar-refractivity contribution is 0.624. The van der Waals surface area contributed by atoms with Crippen LogP contribution in [0, 0.1) is 17.2 Å². The average molecular weight is 196 g/mol. The summed E-state index contributed by atoms with van der Waals surface area (Å²) in [6, 6.07) is 2.14. The van der Waals surface area contributed by atoms with Crippen molar-refractivity contribution in [1.29, 1.82) is 5.26 Å². The molecule has 0 amide bonds. The van der Waals surface area contributed by atoms with E-state index < -0.39 is 3.96 Å². The quantitative estimate of drug-likeness (QED) is 0.494. The van der Waals surface area contributed by atoms with E-state index in [1.54, 1.807) is 0 Å². The zero-order valence-corrected chi connectivity index (χ0v) is 9.71. The van der Waals surface area contributed by atoms with Crippen LogP contribution in [0.5, 0.6) is 0 Å². The van der Waals surface area contributed by atoms with Crippen molar-refractivity contribution < 1.29 is 0 Å². The van der Waals surface area contributed by atoms with E-state index in [9.17, 15) is 0 Å². The summed E-state index contributed by atoms with van der Waals surface area (Å²) in [6.45, 7) is 1.88. The fourth-order valence-electron chi connectivity index (χ4n) is 0.535. The van der Waals surface area contributed by atoms with E-state index in [2.05, 4.69) is 6.07 Å². The second-order valence-electron chi connectivity index (χ2n) is 2.64. The summed E-state index contributed by atoms with van der Waals surface area (Å²) < 4.78 is -0.537. The third-order valence-corrected chi connectivity index (χ3v) is 2.11. The summed E-state index contributed by atoms with van der Waals surface area (Å²) in [4.78, 5) is 0. The smallest absolute Gasteiger partial charge is 0.0973 e. The molecule has 0 aromatic rings. The Morgan fingerprint density at radius 3 is 2.50 bits per heavy atom. The minimum atomic E-state index is -0.537. The van der Waals surface area contributed by atoms with E-state index in [-0.39, 0.29) is 5.92 Å². The first-order valence-electron chi connectivity index (χ1n) is 3.23. The van der Waals surface area contributed by atoms with Gasteiger partial charge in [0.25, 0.3) is 0 Å². The second-order valence-corrected chi connectivity index (χ2v) is 7.48. The van der Waals surface area contributed by atoms with E-state index in [0.717, 1.165) is 23.1 Å². The standard InChI is InChI=1S/C6H11Cl2NSi/c1-5(4-9)2-3-6(7,8)10/h5H,2-3H2,1,10H3. The van der Waals surface area contributed by atoms with Crippen LogP contribution in [0.1, 0.15) is 19.8 Å². The third kappa shape index (κ3) is 6.41. The number of alkyl halides is 2. The van der Waals surface area contributed by atoms with E-state index in [0.29, 0.717) is 0 Å². The van der Waals surface area contributed by atoms with Gasteiger partial charge >= 0.3 is 0 Å². The number of hydrogen-bond acceptors (Lipinski definition) is 1. The largest absolute Gasteiger partial charge is 0.198 e. The lowest BCUT2D eigenvalue weighted by atomic mass is 10.1. The molecule has 0 fully saturated rings. The van der Waals surface area contributed by atoms with Crippen LogP contribution in [0.3, 0.4) is 0 Å². The highest BCUT2D eigenvalue weighted by molar-refractivity contribution is 6.65. The molecule has 0 bridgehead atoms. The molecule has 0 radical (unpaired) electrons. The molecule has 0 heterocycles. The van der Waals surface area contributed by atoms with E-state index in [1.807, 2.05) is 6.92 Å². The predicted molar refractivity (Wildman–Crippen MR) is 48.4 cm³/mol. The summed E-state index contributed by atoms with van der Waals surface area (Å²) in [5, 5.41) is 8.41. The Hall–Kier alpha value is 0.287. The van der Waals surface area contributed by atoms with E-state index in [1.165, 1.54) is 0 Å². The van der Waals surface area contributed by atoms with Gasteiger partial charge in [-0.25, -0.2) is 0 Å². The van der Waals surface area contributed by atoms with Gasteiger partial charge in [0.15, 0.2) is 0 Å². The molecule has 0 N–H and O–H groups in total. The van der Waals surface area contributed by atoms with Crippen molar-refractivity contribution in [3.63, 3.8) is 0 Å². The van der Waals surface area contributed by atoms with Gasteiger partial charge in [0, 0.05) is 16.2 Å². The van der Waals surface area contributed by atoms with Gasteiger partial charge < -0.3 is 0 Å². The van der Waals surface area contributed by atoms with Gasteiger partial charge in [-0.3, -0.25) is 0 Å². The summed E-state index contributed by atoms with van der Waals surface area (Å²) >= 11 is 11.5. The van der Waals surface area contributed by atoms with Crippen molar-refractivity contribution in [2.24, 2.45) is 5.92 Å². The van der Waals surface area contributed by atoms with Gasteiger partial charge in [0.2, 0.25) is 0 Å². The molecule has 1 nitrogen and oxygen atoms in total. The number of nitriles is 1. The van der Waals surface area contributed by atoms with Crippen LogP contribution in [0.2, 0.25) is 0 Å². The molecule has 0 saturated carbocycles. The van der Waals surface area contributed by atoms with Crippen molar-refractivity contribution in [1.82, 2.24) is 0 Å². The Bertz CT molecular complexity index is 136. The number of nitrogens with zero attached hydrogens (tertiary/aromatic N) is 1. The normalized spacial score (nSPS) is 14.6. The van der Waals surface area contributed by atoms with Crippen molar-refractivity contribution in [3.8, 4) is 6.07 Å². The van der Waals surface area contributed by atoms with Gasteiger partial charge in [-0.15, -0.1) is 23.2 Å². The average Bonchev–Trinajstić information content (AvgIpc) is 1.81. The summed E-state index contributed by atoms with van der Waals surface area (Å²) in [6.07, 6.45) is 1.53. The van der Waals surface area contributed by atoms with Crippen LogP contribution in [0.25, 0.3) is 0 Å². The number of halogens is 2. The number of rotatable bonds is 3. The molecule has 0 saturated heterocycles. The Labute approximate surface area is 74.7 Å². The Kier molecular flexibility index (Phi) is 4.35. The topological polar surface area (TPSA) is 23.8 Å². The van der Waals surface area contributed by atoms with Gasteiger partial charge in [-0.05, 0) is 19.8 Å². The molecule has 4 heteroatoms. The molecule has 0 spiro atoms. The lowest BCUT2D eigenvalue weighted by Gasteiger charge is -2.12. The lowest BCUT2D eigenvalue weighted by Crippen LogP contribution is -2.13. The van der Waals surface area contributed by atoms with E-state index in [4.69, 9.17) is 28.5 Å². The highest BCUT2D eigenvalue weighted by Crippen LogP contribution is 2.24. The Balaban J connectivity index is 3.48. The van der Waals surface area contributed by atoms with E-state index >= 15 is 0 Å². The molecule has 1 unspecified atom stereocenters. The maximum atomic E-state index is 8.41. The first-order valence-corrected chi connectivity index (χ1v) is 4.99. The Morgan fingerprint density at radius 1 is 1.70 bits per heavy atom. The Morgan fingerprint density at radius 2 is 2.20 bits per heavy atom. The van der Waals surface area contributed by atoms with Crippen molar-refractivity contribution in [2.45, 2.75) is 23.7 Å². The fraction of sp³-hybridized carbons (Fsp3) is 0.833. The number of hydrogen-bond donors (Lipinski definition) is 0. The SMILES string of the molecule is CC(C#N)CCC([SiH3])(Cl)Cl. The maximum absolute atomic E-state index is 8.41. The molecule has 0 aromatic heterocycles. The molecule has 58 valence electrons. The molecule has 0 aliphatic rings. The fourth-order valence-corrected chi connectivity index (χ4v) is 1.04. The first-order chi connectivity index (χ1) is 4.45. The minimum Gasteiger partial charge on any atom is -0.198 e. The highest BCUT2D eigenvalue weighted by Gasteiger charge is 2.16. The molecule has 0 aromatic carbocycles. The summed E-state index contributed by atoms with van der Waals surface area (Å²) in [5.74, 6) is 0.0748. The van der Waals surface area contributed by atoms with Crippen LogP contribution in [-0.4, -0.2) is 14.2 Å². The van der Waals surface area contributed by atoms with Crippen LogP contribution >= 0.6 is 23.2 Å². The van der Waals surface area contributed by atoms with Crippen molar-refractivity contribution >= 4 is 33.4 Å². The van der Waals surface area contributed by atoms with Crippen molar-refractivity contribution in [2.75, 3.05) is 0 Å². The molecule has 10 heavy (non-hydrogen) atoms. The van der Waals surface area contributed by atoms with Gasteiger partial charge in [0.1, 0.15) is 0 Å². The van der Waals surface area contributed by atoms with Crippen LogP contribution < -0.4 is 0 Å².